The van der Waals surface area contributed by atoms with Crippen molar-refractivity contribution in [3.05, 3.63) is 54.3 Å². The summed E-state index contributed by atoms with van der Waals surface area (Å²) < 4.78 is 36.2. The molecule has 0 aliphatic carbocycles. The van der Waals surface area contributed by atoms with Gasteiger partial charge < -0.3 is 10.6 Å². The number of carbonyl (C=O) groups is 1. The summed E-state index contributed by atoms with van der Waals surface area (Å²) >= 11 is 0. The number of hydrogen-bond donors (Lipinski definition) is 3. The van der Waals surface area contributed by atoms with Crippen LogP contribution < -0.4 is 15.8 Å². The van der Waals surface area contributed by atoms with Crippen LogP contribution in [0.3, 0.4) is 0 Å². The summed E-state index contributed by atoms with van der Waals surface area (Å²) in [6.07, 6.45) is 0. The van der Waals surface area contributed by atoms with Gasteiger partial charge in [-0.25, -0.2) is 22.7 Å². The summed E-state index contributed by atoms with van der Waals surface area (Å²) in [7, 11) is -3.98. The van der Waals surface area contributed by atoms with Gasteiger partial charge in [-0.15, -0.1) is 0 Å². The van der Waals surface area contributed by atoms with Crippen LogP contribution in [0, 0.1) is 5.82 Å². The number of urea groups is 1. The van der Waals surface area contributed by atoms with Crippen molar-refractivity contribution in [2.75, 3.05) is 10.6 Å². The first-order valence-electron chi connectivity index (χ1n) is 5.82. The first kappa shape index (κ1) is 14.9. The molecular formula is C13H12FN3O3S. The number of primary sulfonamides is 1. The molecule has 0 heterocycles. The van der Waals surface area contributed by atoms with Crippen LogP contribution in [0.1, 0.15) is 0 Å². The molecule has 4 N–H and O–H groups in total. The molecule has 0 aliphatic heterocycles. The summed E-state index contributed by atoms with van der Waals surface area (Å²) in [4.78, 5) is 11.6. The molecule has 0 saturated heterocycles. The highest BCUT2D eigenvalue weighted by Crippen LogP contribution is 2.20. The molecule has 21 heavy (non-hydrogen) atoms. The molecule has 6 nitrogen and oxygen atoms in total. The number of halogens is 1. The Morgan fingerprint density at radius 2 is 1.48 bits per heavy atom. The molecule has 0 fully saturated rings. The largest absolute Gasteiger partial charge is 0.323 e. The number of para-hydroxylation sites is 2. The van der Waals surface area contributed by atoms with E-state index >= 15 is 0 Å². The summed E-state index contributed by atoms with van der Waals surface area (Å²) in [6.45, 7) is 0. The smallest absolute Gasteiger partial charge is 0.306 e. The third kappa shape index (κ3) is 3.77. The zero-order valence-corrected chi connectivity index (χ0v) is 11.5. The maximum absolute atomic E-state index is 13.4. The fourth-order valence-corrected chi connectivity index (χ4v) is 2.35. The molecule has 0 spiro atoms. The van der Waals surface area contributed by atoms with E-state index in [1.165, 1.54) is 42.5 Å². The van der Waals surface area contributed by atoms with Gasteiger partial charge in [-0.05, 0) is 24.3 Å². The molecule has 110 valence electrons. The Labute approximate surface area is 120 Å². The quantitative estimate of drug-likeness (QED) is 0.809. The van der Waals surface area contributed by atoms with Gasteiger partial charge in [0, 0.05) is 0 Å². The molecule has 0 aromatic heterocycles. The normalized spacial score (nSPS) is 11.0. The maximum atomic E-state index is 13.4. The molecular weight excluding hydrogens is 297 g/mol. The number of amides is 2. The number of sulfonamides is 1. The molecule has 8 heteroatoms. The van der Waals surface area contributed by atoms with Gasteiger partial charge in [-0.3, -0.25) is 0 Å². The van der Waals surface area contributed by atoms with Crippen LogP contribution in [-0.4, -0.2) is 14.4 Å². The molecule has 2 aromatic rings. The second kappa shape index (κ2) is 5.90. The van der Waals surface area contributed by atoms with E-state index in [1.54, 1.807) is 6.07 Å². The van der Waals surface area contributed by atoms with Crippen molar-refractivity contribution in [3.63, 3.8) is 0 Å². The van der Waals surface area contributed by atoms with Gasteiger partial charge in [-0.1, -0.05) is 24.3 Å². The molecule has 0 aliphatic rings. The van der Waals surface area contributed by atoms with Crippen molar-refractivity contribution in [3.8, 4) is 0 Å². The molecule has 0 radical (unpaired) electrons. The minimum Gasteiger partial charge on any atom is -0.306 e. The van der Waals surface area contributed by atoms with Crippen molar-refractivity contribution < 1.29 is 17.6 Å². The molecule has 2 amide bonds. The van der Waals surface area contributed by atoms with Crippen LogP contribution in [0.4, 0.5) is 20.6 Å². The minimum absolute atomic E-state index is 0.00818. The van der Waals surface area contributed by atoms with Crippen molar-refractivity contribution >= 4 is 27.4 Å². The average Bonchev–Trinajstić information content (AvgIpc) is 2.41. The zero-order valence-electron chi connectivity index (χ0n) is 10.7. The van der Waals surface area contributed by atoms with Crippen LogP contribution >= 0.6 is 0 Å². The van der Waals surface area contributed by atoms with E-state index in [1.807, 2.05) is 0 Å². The second-order valence-corrected chi connectivity index (χ2v) is 5.63. The third-order valence-electron chi connectivity index (χ3n) is 2.56. The maximum Gasteiger partial charge on any atom is 0.323 e. The number of nitrogens with two attached hydrogens (primary N) is 1. The lowest BCUT2D eigenvalue weighted by Crippen LogP contribution is -2.22. The predicted octanol–water partition coefficient (Wildman–Crippen LogP) is 2.12. The molecule has 2 rings (SSSR count). The van der Waals surface area contributed by atoms with E-state index in [0.717, 1.165) is 0 Å². The predicted molar refractivity (Wildman–Crippen MR) is 76.9 cm³/mol. The van der Waals surface area contributed by atoms with E-state index in [2.05, 4.69) is 10.6 Å². The van der Waals surface area contributed by atoms with Crippen LogP contribution in [0.5, 0.6) is 0 Å². The van der Waals surface area contributed by atoms with Crippen molar-refractivity contribution in [1.82, 2.24) is 0 Å². The number of anilines is 2. The Morgan fingerprint density at radius 1 is 0.952 bits per heavy atom. The highest BCUT2D eigenvalue weighted by Gasteiger charge is 2.15. The first-order chi connectivity index (χ1) is 9.88. The van der Waals surface area contributed by atoms with Gasteiger partial charge in [0.25, 0.3) is 0 Å². The second-order valence-electron chi connectivity index (χ2n) is 4.10. The fourth-order valence-electron chi connectivity index (χ4n) is 1.66. The summed E-state index contributed by atoms with van der Waals surface area (Å²) in [5, 5.41) is 9.64. The van der Waals surface area contributed by atoms with Crippen molar-refractivity contribution in [2.24, 2.45) is 5.14 Å². The zero-order chi connectivity index (χ0) is 15.5. The molecule has 0 atom stereocenters. The fraction of sp³-hybridized carbons (Fsp3) is 0. The Balaban J connectivity index is 2.20. The Kier molecular flexibility index (Phi) is 4.20. The highest BCUT2D eigenvalue weighted by molar-refractivity contribution is 7.89. The van der Waals surface area contributed by atoms with Gasteiger partial charge in [0.1, 0.15) is 10.7 Å². The topological polar surface area (TPSA) is 101 Å². The Bertz CT molecular complexity index is 778. The van der Waals surface area contributed by atoms with Crippen LogP contribution in [-0.2, 0) is 10.0 Å². The number of hydrogen-bond acceptors (Lipinski definition) is 3. The van der Waals surface area contributed by atoms with E-state index in [4.69, 9.17) is 5.14 Å². The van der Waals surface area contributed by atoms with Crippen LogP contribution in [0.15, 0.2) is 53.4 Å². The number of rotatable bonds is 3. The lowest BCUT2D eigenvalue weighted by molar-refractivity contribution is 0.262. The third-order valence-corrected chi connectivity index (χ3v) is 3.53. The number of carbonyl (C=O) groups excluding carboxylic acids is 1. The number of nitrogens with one attached hydrogen (secondary N) is 2. The standard InChI is InChI=1S/C13H12FN3O3S/c14-9-5-1-2-6-10(9)16-13(18)17-11-7-3-4-8-12(11)21(15,19)20/h1-8H,(H2,15,19,20)(H2,16,17,18). The highest BCUT2D eigenvalue weighted by atomic mass is 32.2. The van der Waals surface area contributed by atoms with Gasteiger partial charge in [0.05, 0.1) is 11.4 Å². The Hall–Kier alpha value is -2.45. The summed E-state index contributed by atoms with van der Waals surface area (Å²) in [5.41, 5.74) is -0.0167. The van der Waals surface area contributed by atoms with Gasteiger partial charge >= 0.3 is 6.03 Å². The molecule has 0 unspecified atom stereocenters. The van der Waals surface area contributed by atoms with Crippen molar-refractivity contribution in [1.29, 1.82) is 0 Å². The Morgan fingerprint density at radius 3 is 2.10 bits per heavy atom. The molecule has 0 bridgehead atoms. The number of benzene rings is 2. The lowest BCUT2D eigenvalue weighted by Gasteiger charge is -2.11. The van der Waals surface area contributed by atoms with E-state index < -0.39 is 21.9 Å². The SMILES string of the molecule is NS(=O)(=O)c1ccccc1NC(=O)Nc1ccccc1F. The first-order valence-corrected chi connectivity index (χ1v) is 7.37. The minimum atomic E-state index is -3.98. The van der Waals surface area contributed by atoms with E-state index in [9.17, 15) is 17.6 Å². The summed E-state index contributed by atoms with van der Waals surface area (Å²) in [5.74, 6) is -0.604. The average molecular weight is 309 g/mol. The van der Waals surface area contributed by atoms with E-state index in [-0.39, 0.29) is 16.3 Å². The van der Waals surface area contributed by atoms with Crippen LogP contribution in [0.2, 0.25) is 0 Å². The lowest BCUT2D eigenvalue weighted by atomic mass is 10.3. The van der Waals surface area contributed by atoms with Gasteiger partial charge in [-0.2, -0.15) is 0 Å². The van der Waals surface area contributed by atoms with Gasteiger partial charge in [0.2, 0.25) is 10.0 Å². The van der Waals surface area contributed by atoms with Gasteiger partial charge in [0.15, 0.2) is 0 Å². The summed E-state index contributed by atoms with van der Waals surface area (Å²) in [6, 6.07) is 10.5. The van der Waals surface area contributed by atoms with Crippen LogP contribution in [0.25, 0.3) is 0 Å². The van der Waals surface area contributed by atoms with Crippen molar-refractivity contribution in [2.45, 2.75) is 4.90 Å². The molecule has 2 aromatic carbocycles. The monoisotopic (exact) mass is 309 g/mol. The molecule has 0 saturated carbocycles. The van der Waals surface area contributed by atoms with E-state index in [0.29, 0.717) is 0 Å².